The molecule has 6 aromatic rings. The Labute approximate surface area is 325 Å². The van der Waals surface area contributed by atoms with Crippen molar-refractivity contribution in [2.45, 2.75) is 24.5 Å². The van der Waals surface area contributed by atoms with Crippen LogP contribution in [0.5, 0.6) is 0 Å². The number of nitrogens with zero attached hydrogens (tertiary/aromatic N) is 2. The zero-order valence-electron chi connectivity index (χ0n) is 30.0. The number of ether oxygens (including phenoxy) is 4. The molecule has 13 nitrogen and oxygen atoms in total. The summed E-state index contributed by atoms with van der Waals surface area (Å²) in [4.78, 5) is 83.5. The first-order chi connectivity index (χ1) is 27.8. The van der Waals surface area contributed by atoms with Crippen LogP contribution in [0.2, 0.25) is 0 Å². The molecule has 1 saturated heterocycles. The highest BCUT2D eigenvalue weighted by Gasteiger charge is 2.52. The monoisotopic (exact) mass is 763 g/mol. The van der Waals surface area contributed by atoms with Gasteiger partial charge in [0.05, 0.1) is 16.7 Å². The van der Waals surface area contributed by atoms with Crippen molar-refractivity contribution < 1.29 is 42.9 Å². The number of aromatic nitrogens is 2. The van der Waals surface area contributed by atoms with Crippen molar-refractivity contribution in [3.63, 3.8) is 0 Å². The lowest BCUT2D eigenvalue weighted by atomic mass is 10.1. The third-order valence-corrected chi connectivity index (χ3v) is 9.03. The molecule has 0 spiro atoms. The number of anilines is 1. The molecule has 1 fully saturated rings. The topological polar surface area (TPSA) is 169 Å². The van der Waals surface area contributed by atoms with Gasteiger partial charge in [-0.2, -0.15) is 4.98 Å². The fourth-order valence-corrected chi connectivity index (χ4v) is 6.15. The van der Waals surface area contributed by atoms with Crippen molar-refractivity contribution in [3.05, 3.63) is 190 Å². The van der Waals surface area contributed by atoms with Gasteiger partial charge in [0.25, 0.3) is 5.91 Å². The summed E-state index contributed by atoms with van der Waals surface area (Å²) in [5.74, 6) is -2.99. The third kappa shape index (κ3) is 8.74. The zero-order chi connectivity index (χ0) is 39.7. The Hall–Kier alpha value is -7.51. The Balaban J connectivity index is 1.32. The number of rotatable bonds is 12. The van der Waals surface area contributed by atoms with Gasteiger partial charge in [-0.1, -0.05) is 97.1 Å². The molecule has 1 aliphatic heterocycles. The van der Waals surface area contributed by atoms with Gasteiger partial charge in [0.2, 0.25) is 0 Å². The van der Waals surface area contributed by atoms with E-state index >= 15 is 0 Å². The van der Waals surface area contributed by atoms with Gasteiger partial charge < -0.3 is 24.3 Å². The minimum Gasteiger partial charge on any atom is -0.459 e. The molecule has 0 bridgehead atoms. The molecule has 0 unspecified atom stereocenters. The lowest BCUT2D eigenvalue weighted by Gasteiger charge is -2.25. The molecule has 13 heteroatoms. The van der Waals surface area contributed by atoms with E-state index in [0.29, 0.717) is 23.0 Å². The maximum absolute atomic E-state index is 14.1. The summed E-state index contributed by atoms with van der Waals surface area (Å²) in [6, 6.07) is 38.9. The van der Waals surface area contributed by atoms with E-state index in [-0.39, 0.29) is 28.1 Å². The van der Waals surface area contributed by atoms with Gasteiger partial charge in [0.15, 0.2) is 18.4 Å². The molecule has 4 atom stereocenters. The summed E-state index contributed by atoms with van der Waals surface area (Å²) in [7, 11) is 0. The van der Waals surface area contributed by atoms with E-state index in [0.717, 1.165) is 4.57 Å². The summed E-state index contributed by atoms with van der Waals surface area (Å²) in [6.45, 7) is -0.482. The molecule has 0 saturated carbocycles. The molecular weight excluding hydrogens is 730 g/mol. The van der Waals surface area contributed by atoms with Crippen LogP contribution in [0.25, 0.3) is 11.1 Å². The second-order valence-electron chi connectivity index (χ2n) is 12.8. The summed E-state index contributed by atoms with van der Waals surface area (Å²) >= 11 is 0. The fraction of sp³-hybridized carbons (Fsp3) is 0.114. The van der Waals surface area contributed by atoms with E-state index in [4.69, 9.17) is 18.9 Å². The van der Waals surface area contributed by atoms with Crippen molar-refractivity contribution in [1.29, 1.82) is 0 Å². The predicted octanol–water partition coefficient (Wildman–Crippen LogP) is 6.18. The molecule has 57 heavy (non-hydrogen) atoms. The Morgan fingerprint density at radius 1 is 0.649 bits per heavy atom. The Morgan fingerprint density at radius 3 is 1.67 bits per heavy atom. The van der Waals surface area contributed by atoms with E-state index < -0.39 is 60.7 Å². The fourth-order valence-electron chi connectivity index (χ4n) is 6.15. The van der Waals surface area contributed by atoms with Crippen molar-refractivity contribution in [2.75, 3.05) is 11.9 Å². The molecule has 2 heterocycles. The molecule has 1 N–H and O–H groups in total. The van der Waals surface area contributed by atoms with E-state index in [1.54, 1.807) is 121 Å². The Morgan fingerprint density at radius 2 is 1.14 bits per heavy atom. The van der Waals surface area contributed by atoms with Gasteiger partial charge in [0, 0.05) is 22.9 Å². The van der Waals surface area contributed by atoms with Crippen LogP contribution in [0.1, 0.15) is 58.0 Å². The van der Waals surface area contributed by atoms with Crippen molar-refractivity contribution in [2.24, 2.45) is 0 Å². The predicted molar refractivity (Wildman–Crippen MR) is 206 cm³/mol. The van der Waals surface area contributed by atoms with Gasteiger partial charge in [-0.05, 0) is 54.1 Å². The molecule has 0 aliphatic carbocycles. The maximum Gasteiger partial charge on any atom is 0.351 e. The normalized spacial score (nSPS) is 17.2. The SMILES string of the molecule is O=Cc1ccc(-c2cn([C@@H]3O[C@H](COC(=O)c4ccccc4)[C@@H](OC(=O)c4ccccc4)[C@H]3OC(=O)c3ccccc3)c(=O)nc2NC(=O)c2ccccc2)cc1. The lowest BCUT2D eigenvalue weighted by molar-refractivity contribution is -0.0638. The minimum absolute atomic E-state index is 0.111. The number of amides is 1. The number of aldehydes is 1. The van der Waals surface area contributed by atoms with Crippen LogP contribution in [0.3, 0.4) is 0 Å². The van der Waals surface area contributed by atoms with Crippen LogP contribution < -0.4 is 11.0 Å². The van der Waals surface area contributed by atoms with E-state index in [2.05, 4.69) is 10.3 Å². The second kappa shape index (κ2) is 17.3. The first kappa shape index (κ1) is 37.8. The summed E-state index contributed by atoms with van der Waals surface area (Å²) < 4.78 is 25.1. The summed E-state index contributed by atoms with van der Waals surface area (Å²) in [5, 5.41) is 2.70. The average Bonchev–Trinajstić information content (AvgIpc) is 3.59. The lowest BCUT2D eigenvalue weighted by Crippen LogP contribution is -2.42. The number of benzene rings is 5. The molecule has 1 aromatic heterocycles. The number of hydrogen-bond acceptors (Lipinski definition) is 11. The van der Waals surface area contributed by atoms with Crippen LogP contribution in [0.4, 0.5) is 5.82 Å². The standard InChI is InChI=1S/C44H33N3O10/c48-26-28-21-23-29(24-22-28)34-25-47(44(53)46-38(34)45-39(49)30-13-5-1-6-14-30)40-37(57-43(52)33-19-11-4-12-20-33)36(56-42(51)32-17-9-3-10-18-32)35(55-40)27-54-41(50)31-15-7-2-8-16-31/h1-26,35-37,40H,27H2,(H,45,46,49,53)/t35-,36-,37-,40-/m1/s1. The van der Waals surface area contributed by atoms with E-state index in [1.165, 1.54) is 30.5 Å². The molecule has 5 aromatic carbocycles. The minimum atomic E-state index is -1.52. The van der Waals surface area contributed by atoms with Crippen LogP contribution in [-0.4, -0.2) is 64.6 Å². The van der Waals surface area contributed by atoms with Crippen LogP contribution in [0, 0.1) is 0 Å². The van der Waals surface area contributed by atoms with Gasteiger partial charge in [-0.25, -0.2) is 19.2 Å². The first-order valence-electron chi connectivity index (χ1n) is 17.7. The summed E-state index contributed by atoms with van der Waals surface area (Å²) in [6.07, 6.45) is -3.71. The zero-order valence-corrected chi connectivity index (χ0v) is 30.0. The summed E-state index contributed by atoms with van der Waals surface area (Å²) in [5.41, 5.74) is 0.984. The first-order valence-corrected chi connectivity index (χ1v) is 17.7. The molecule has 284 valence electrons. The van der Waals surface area contributed by atoms with E-state index in [1.807, 2.05) is 0 Å². The largest absolute Gasteiger partial charge is 0.459 e. The van der Waals surface area contributed by atoms with Crippen molar-refractivity contribution in [3.8, 4) is 11.1 Å². The highest BCUT2D eigenvalue weighted by Crippen LogP contribution is 2.36. The van der Waals surface area contributed by atoms with Gasteiger partial charge in [-0.3, -0.25) is 14.2 Å². The molecule has 1 aliphatic rings. The smallest absolute Gasteiger partial charge is 0.351 e. The van der Waals surface area contributed by atoms with E-state index in [9.17, 15) is 28.8 Å². The van der Waals surface area contributed by atoms with Gasteiger partial charge in [-0.15, -0.1) is 0 Å². The highest BCUT2D eigenvalue weighted by molar-refractivity contribution is 6.05. The molecular formula is C44H33N3O10. The Kier molecular flexibility index (Phi) is 11.5. The molecule has 7 rings (SSSR count). The Bertz CT molecular complexity index is 2440. The van der Waals surface area contributed by atoms with Gasteiger partial charge in [0.1, 0.15) is 24.8 Å². The van der Waals surface area contributed by atoms with Crippen LogP contribution in [0.15, 0.2) is 157 Å². The molecule has 1 amide bonds. The number of nitrogens with one attached hydrogen (secondary N) is 1. The number of carbonyl (C=O) groups excluding carboxylic acids is 5. The van der Waals surface area contributed by atoms with Crippen LogP contribution >= 0.6 is 0 Å². The average molecular weight is 764 g/mol. The third-order valence-electron chi connectivity index (χ3n) is 9.03. The van der Waals surface area contributed by atoms with Crippen molar-refractivity contribution in [1.82, 2.24) is 9.55 Å². The second-order valence-corrected chi connectivity index (χ2v) is 12.8. The van der Waals surface area contributed by atoms with Crippen molar-refractivity contribution >= 4 is 35.9 Å². The highest BCUT2D eigenvalue weighted by atomic mass is 16.7. The maximum atomic E-state index is 14.1. The quantitative estimate of drug-likeness (QED) is 0.0858. The van der Waals surface area contributed by atoms with Gasteiger partial charge >= 0.3 is 23.6 Å². The number of carbonyl (C=O) groups is 5. The van der Waals surface area contributed by atoms with Crippen LogP contribution in [-0.2, 0) is 18.9 Å². The number of hydrogen-bond donors (Lipinski definition) is 1. The molecule has 0 radical (unpaired) electrons. The number of esters is 3.